The Hall–Kier alpha value is -0.340. The second-order valence-electron chi connectivity index (χ2n) is 6.47. The molecule has 5 unspecified atom stereocenters. The average Bonchev–Trinajstić information content (AvgIpc) is 2.58. The molecule has 2 rings (SSSR count). The molecule has 0 aromatic carbocycles. The SMILES string of the molecule is C=C(CO)C1CCC(C)(O)C2CCC(C)C2C1. The van der Waals surface area contributed by atoms with E-state index in [9.17, 15) is 10.2 Å². The number of fused-ring (bicyclic) bond motifs is 1. The summed E-state index contributed by atoms with van der Waals surface area (Å²) in [4.78, 5) is 0. The lowest BCUT2D eigenvalue weighted by Crippen LogP contribution is -2.36. The van der Waals surface area contributed by atoms with E-state index < -0.39 is 5.60 Å². The van der Waals surface area contributed by atoms with Crippen molar-refractivity contribution in [1.82, 2.24) is 0 Å². The molecule has 0 aromatic heterocycles. The summed E-state index contributed by atoms with van der Waals surface area (Å²) in [6, 6.07) is 0. The minimum absolute atomic E-state index is 0.0958. The van der Waals surface area contributed by atoms with Gasteiger partial charge in [-0.2, -0.15) is 0 Å². The summed E-state index contributed by atoms with van der Waals surface area (Å²) in [5, 5.41) is 19.9. The van der Waals surface area contributed by atoms with Crippen LogP contribution in [0.25, 0.3) is 0 Å². The molecule has 0 heterocycles. The van der Waals surface area contributed by atoms with Crippen LogP contribution in [0.3, 0.4) is 0 Å². The number of aliphatic hydroxyl groups is 2. The Morgan fingerprint density at radius 2 is 2.06 bits per heavy atom. The Balaban J connectivity index is 2.18. The first-order valence-electron chi connectivity index (χ1n) is 6.96. The van der Waals surface area contributed by atoms with Crippen LogP contribution in [-0.2, 0) is 0 Å². The van der Waals surface area contributed by atoms with Gasteiger partial charge in [0.2, 0.25) is 0 Å². The summed E-state index contributed by atoms with van der Waals surface area (Å²) >= 11 is 0. The fourth-order valence-electron chi connectivity index (χ4n) is 4.03. The van der Waals surface area contributed by atoms with Crippen LogP contribution in [0.4, 0.5) is 0 Å². The molecule has 2 saturated carbocycles. The average molecular weight is 238 g/mol. The number of hydrogen-bond acceptors (Lipinski definition) is 2. The van der Waals surface area contributed by atoms with Gasteiger partial charge in [-0.25, -0.2) is 0 Å². The second kappa shape index (κ2) is 4.74. The fraction of sp³-hybridized carbons (Fsp3) is 0.867. The third kappa shape index (κ3) is 2.43. The highest BCUT2D eigenvalue weighted by atomic mass is 16.3. The Morgan fingerprint density at radius 1 is 1.35 bits per heavy atom. The van der Waals surface area contributed by atoms with Gasteiger partial charge in [0.25, 0.3) is 0 Å². The van der Waals surface area contributed by atoms with Crippen LogP contribution in [0.15, 0.2) is 12.2 Å². The standard InChI is InChI=1S/C15H26O2/c1-10-4-5-14-13(10)8-12(11(2)9-16)6-7-15(14,3)17/h10,12-14,16-17H,2,4-9H2,1,3H3. The molecule has 0 radical (unpaired) electrons. The molecule has 98 valence electrons. The number of rotatable bonds is 2. The Morgan fingerprint density at radius 3 is 2.71 bits per heavy atom. The smallest absolute Gasteiger partial charge is 0.0650 e. The van der Waals surface area contributed by atoms with Crippen molar-refractivity contribution in [2.24, 2.45) is 23.7 Å². The van der Waals surface area contributed by atoms with Crippen molar-refractivity contribution in [3.8, 4) is 0 Å². The van der Waals surface area contributed by atoms with Gasteiger partial charge < -0.3 is 10.2 Å². The van der Waals surface area contributed by atoms with Gasteiger partial charge in [0, 0.05) is 0 Å². The second-order valence-corrected chi connectivity index (χ2v) is 6.47. The molecule has 0 saturated heterocycles. The summed E-state index contributed by atoms with van der Waals surface area (Å²) in [7, 11) is 0. The highest BCUT2D eigenvalue weighted by Gasteiger charge is 2.46. The lowest BCUT2D eigenvalue weighted by Gasteiger charge is -2.33. The lowest BCUT2D eigenvalue weighted by atomic mass is 9.77. The largest absolute Gasteiger partial charge is 0.392 e. The van der Waals surface area contributed by atoms with Crippen molar-refractivity contribution in [3.63, 3.8) is 0 Å². The van der Waals surface area contributed by atoms with E-state index in [4.69, 9.17) is 0 Å². The van der Waals surface area contributed by atoms with E-state index in [2.05, 4.69) is 13.5 Å². The van der Waals surface area contributed by atoms with Crippen molar-refractivity contribution in [2.45, 2.75) is 51.6 Å². The molecule has 0 bridgehead atoms. The van der Waals surface area contributed by atoms with E-state index in [1.807, 2.05) is 6.92 Å². The first-order valence-corrected chi connectivity index (χ1v) is 6.96. The molecular formula is C15H26O2. The highest BCUT2D eigenvalue weighted by molar-refractivity contribution is 5.06. The van der Waals surface area contributed by atoms with E-state index in [1.54, 1.807) is 0 Å². The molecule has 2 heteroatoms. The monoisotopic (exact) mass is 238 g/mol. The van der Waals surface area contributed by atoms with Crippen molar-refractivity contribution >= 4 is 0 Å². The van der Waals surface area contributed by atoms with Crippen molar-refractivity contribution in [1.29, 1.82) is 0 Å². The summed E-state index contributed by atoms with van der Waals surface area (Å²) in [6.07, 6.45) is 5.35. The highest BCUT2D eigenvalue weighted by Crippen LogP contribution is 2.50. The number of aliphatic hydroxyl groups excluding tert-OH is 1. The summed E-state index contributed by atoms with van der Waals surface area (Å²) in [5.41, 5.74) is 0.445. The quantitative estimate of drug-likeness (QED) is 0.726. The summed E-state index contributed by atoms with van der Waals surface area (Å²) in [6.45, 7) is 8.41. The van der Waals surface area contributed by atoms with Gasteiger partial charge in [0.1, 0.15) is 0 Å². The van der Waals surface area contributed by atoms with Crippen molar-refractivity contribution < 1.29 is 10.2 Å². The predicted molar refractivity (Wildman–Crippen MR) is 69.6 cm³/mol. The minimum Gasteiger partial charge on any atom is -0.392 e. The molecule has 0 aliphatic heterocycles. The zero-order valence-corrected chi connectivity index (χ0v) is 11.2. The molecule has 2 nitrogen and oxygen atoms in total. The van der Waals surface area contributed by atoms with Crippen LogP contribution in [0, 0.1) is 23.7 Å². The maximum Gasteiger partial charge on any atom is 0.0650 e. The zero-order valence-electron chi connectivity index (χ0n) is 11.2. The van der Waals surface area contributed by atoms with Gasteiger partial charge in [-0.05, 0) is 61.9 Å². The third-order valence-electron chi connectivity index (χ3n) is 5.32. The van der Waals surface area contributed by atoms with Gasteiger partial charge in [0.05, 0.1) is 12.2 Å². The van der Waals surface area contributed by atoms with Crippen LogP contribution in [0.2, 0.25) is 0 Å². The normalized spacial score (nSPS) is 46.4. The maximum atomic E-state index is 10.6. The molecular weight excluding hydrogens is 212 g/mol. The molecule has 0 aromatic rings. The van der Waals surface area contributed by atoms with E-state index in [-0.39, 0.29) is 6.61 Å². The molecule has 2 N–H and O–H groups in total. The first-order chi connectivity index (χ1) is 7.95. The van der Waals surface area contributed by atoms with Gasteiger partial charge in [-0.3, -0.25) is 0 Å². The van der Waals surface area contributed by atoms with E-state index in [1.165, 1.54) is 6.42 Å². The van der Waals surface area contributed by atoms with E-state index in [0.29, 0.717) is 23.7 Å². The van der Waals surface area contributed by atoms with E-state index in [0.717, 1.165) is 31.3 Å². The molecule has 2 fully saturated rings. The topological polar surface area (TPSA) is 40.5 Å². The van der Waals surface area contributed by atoms with Crippen LogP contribution < -0.4 is 0 Å². The Bertz CT molecular complexity index is 295. The van der Waals surface area contributed by atoms with Gasteiger partial charge in [0.15, 0.2) is 0 Å². The lowest BCUT2D eigenvalue weighted by molar-refractivity contribution is -0.0208. The molecule has 5 atom stereocenters. The third-order valence-corrected chi connectivity index (χ3v) is 5.32. The molecule has 2 aliphatic carbocycles. The predicted octanol–water partition coefficient (Wildman–Crippen LogP) is 2.75. The Kier molecular flexibility index (Phi) is 3.65. The van der Waals surface area contributed by atoms with Gasteiger partial charge in [-0.15, -0.1) is 0 Å². The fourth-order valence-corrected chi connectivity index (χ4v) is 4.03. The zero-order chi connectivity index (χ0) is 12.6. The Labute approximate surface area is 105 Å². The van der Waals surface area contributed by atoms with Crippen molar-refractivity contribution in [3.05, 3.63) is 12.2 Å². The van der Waals surface area contributed by atoms with Crippen molar-refractivity contribution in [2.75, 3.05) is 6.61 Å². The first kappa shape index (κ1) is 13.1. The summed E-state index contributed by atoms with van der Waals surface area (Å²) < 4.78 is 0. The molecule has 0 spiro atoms. The molecule has 17 heavy (non-hydrogen) atoms. The van der Waals surface area contributed by atoms with Gasteiger partial charge >= 0.3 is 0 Å². The molecule has 0 amide bonds. The van der Waals surface area contributed by atoms with Crippen LogP contribution in [0.5, 0.6) is 0 Å². The van der Waals surface area contributed by atoms with Crippen LogP contribution in [-0.4, -0.2) is 22.4 Å². The van der Waals surface area contributed by atoms with Crippen LogP contribution in [0.1, 0.15) is 46.0 Å². The number of hydrogen-bond donors (Lipinski definition) is 2. The van der Waals surface area contributed by atoms with Gasteiger partial charge in [-0.1, -0.05) is 19.9 Å². The maximum absolute atomic E-state index is 10.6. The summed E-state index contributed by atoms with van der Waals surface area (Å²) in [5.74, 6) is 2.18. The molecule has 2 aliphatic rings. The van der Waals surface area contributed by atoms with Crippen LogP contribution >= 0.6 is 0 Å². The minimum atomic E-state index is -0.514. The van der Waals surface area contributed by atoms with E-state index >= 15 is 0 Å².